The third-order valence-corrected chi connectivity index (χ3v) is 2.44. The van der Waals surface area contributed by atoms with Crippen molar-refractivity contribution in [1.29, 1.82) is 0 Å². The van der Waals surface area contributed by atoms with E-state index >= 15 is 0 Å². The molecule has 4 unspecified atom stereocenters. The van der Waals surface area contributed by atoms with E-state index in [1.165, 1.54) is 6.92 Å². The molecule has 0 spiro atoms. The summed E-state index contributed by atoms with van der Waals surface area (Å²) < 4.78 is 5.33. The van der Waals surface area contributed by atoms with Crippen molar-refractivity contribution >= 4 is 11.8 Å². The van der Waals surface area contributed by atoms with Crippen molar-refractivity contribution in [2.45, 2.75) is 71.6 Å². The molecule has 20 heavy (non-hydrogen) atoms. The van der Waals surface area contributed by atoms with Gasteiger partial charge in [0.25, 0.3) is 0 Å². The van der Waals surface area contributed by atoms with Crippen LogP contribution in [-0.2, 0) is 14.3 Å². The molecule has 0 aliphatic carbocycles. The Morgan fingerprint density at radius 3 is 2.00 bits per heavy atom. The lowest BCUT2D eigenvalue weighted by molar-refractivity contribution is -0.179. The van der Waals surface area contributed by atoms with Gasteiger partial charge in [-0.3, -0.25) is 9.59 Å². The highest BCUT2D eigenvalue weighted by Gasteiger charge is 2.25. The van der Waals surface area contributed by atoms with Crippen LogP contribution in [0.4, 0.5) is 0 Å². The molecule has 0 bridgehead atoms. The summed E-state index contributed by atoms with van der Waals surface area (Å²) in [4.78, 5) is 23.2. The van der Waals surface area contributed by atoms with Gasteiger partial charge in [0, 0.05) is 0 Å². The second-order valence-electron chi connectivity index (χ2n) is 5.94. The highest BCUT2D eigenvalue weighted by molar-refractivity contribution is 5.89. The van der Waals surface area contributed by atoms with Crippen LogP contribution in [-0.4, -0.2) is 46.9 Å². The zero-order valence-electron chi connectivity index (χ0n) is 13.1. The fourth-order valence-electron chi connectivity index (χ4n) is 1.30. The van der Waals surface area contributed by atoms with E-state index in [1.54, 1.807) is 34.6 Å². The average molecular weight is 289 g/mol. The van der Waals surface area contributed by atoms with Crippen LogP contribution in [0.3, 0.4) is 0 Å². The number of carbonyl (C=O) groups excluding carboxylic acids is 2. The van der Waals surface area contributed by atoms with E-state index in [2.05, 4.69) is 10.6 Å². The van der Waals surface area contributed by atoms with Crippen molar-refractivity contribution in [2.75, 3.05) is 0 Å². The van der Waals surface area contributed by atoms with Gasteiger partial charge in [-0.05, 0) is 41.5 Å². The van der Waals surface area contributed by atoms with Crippen LogP contribution in [0.25, 0.3) is 0 Å². The Morgan fingerprint density at radius 1 is 1.10 bits per heavy atom. The Morgan fingerprint density at radius 2 is 1.60 bits per heavy atom. The van der Waals surface area contributed by atoms with E-state index in [1.807, 2.05) is 0 Å². The summed E-state index contributed by atoms with van der Waals surface area (Å²) >= 11 is 0. The normalized spacial score (nSPS) is 17.8. The van der Waals surface area contributed by atoms with Gasteiger partial charge in [0.2, 0.25) is 11.8 Å². The molecule has 5 N–H and O–H groups in total. The third kappa shape index (κ3) is 7.42. The second-order valence-corrected chi connectivity index (χ2v) is 5.94. The fourth-order valence-corrected chi connectivity index (χ4v) is 1.30. The standard InChI is InChI=1S/C13H27N3O4/c1-7(14)10(17)15-8(2)11(18)16-9(3)12(19)20-13(4,5)6/h7-9,12,19H,14H2,1-6H3,(H,15,17)(H,16,18). The molecule has 0 heterocycles. The van der Waals surface area contributed by atoms with E-state index < -0.39 is 41.8 Å². The maximum absolute atomic E-state index is 11.8. The van der Waals surface area contributed by atoms with Gasteiger partial charge in [0.1, 0.15) is 6.04 Å². The summed E-state index contributed by atoms with van der Waals surface area (Å²) in [5.41, 5.74) is 4.88. The van der Waals surface area contributed by atoms with E-state index in [9.17, 15) is 14.7 Å². The number of aliphatic hydroxyl groups is 1. The molecule has 0 aliphatic heterocycles. The molecule has 0 rings (SSSR count). The molecule has 0 aromatic carbocycles. The first-order valence-corrected chi connectivity index (χ1v) is 6.66. The lowest BCUT2D eigenvalue weighted by Gasteiger charge is -2.29. The first kappa shape index (κ1) is 18.8. The van der Waals surface area contributed by atoms with Crippen LogP contribution in [0.5, 0.6) is 0 Å². The molecule has 2 amide bonds. The zero-order valence-corrected chi connectivity index (χ0v) is 13.1. The maximum atomic E-state index is 11.8. The Bertz CT molecular complexity index is 339. The molecule has 0 aliphatic rings. The number of amides is 2. The lowest BCUT2D eigenvalue weighted by atomic mass is 10.2. The minimum absolute atomic E-state index is 0.410. The summed E-state index contributed by atoms with van der Waals surface area (Å²) in [5, 5.41) is 14.9. The number of rotatable bonds is 6. The van der Waals surface area contributed by atoms with Gasteiger partial charge >= 0.3 is 0 Å². The smallest absolute Gasteiger partial charge is 0.242 e. The van der Waals surface area contributed by atoms with E-state index in [4.69, 9.17) is 10.5 Å². The van der Waals surface area contributed by atoms with Crippen LogP contribution in [0.2, 0.25) is 0 Å². The van der Waals surface area contributed by atoms with Gasteiger partial charge < -0.3 is 26.2 Å². The molecule has 7 heteroatoms. The van der Waals surface area contributed by atoms with Crippen LogP contribution in [0.15, 0.2) is 0 Å². The minimum atomic E-state index is -1.13. The third-order valence-electron chi connectivity index (χ3n) is 2.44. The predicted molar refractivity (Wildman–Crippen MR) is 75.7 cm³/mol. The van der Waals surface area contributed by atoms with Gasteiger partial charge in [0.15, 0.2) is 6.29 Å². The summed E-state index contributed by atoms with van der Waals surface area (Å²) in [5.74, 6) is -0.824. The van der Waals surface area contributed by atoms with E-state index in [0.29, 0.717) is 0 Å². The molecule has 0 aromatic heterocycles. The number of hydrogen-bond donors (Lipinski definition) is 4. The summed E-state index contributed by atoms with van der Waals surface area (Å²) in [6, 6.07) is -2.02. The van der Waals surface area contributed by atoms with Crippen molar-refractivity contribution in [3.8, 4) is 0 Å². The van der Waals surface area contributed by atoms with Crippen LogP contribution in [0, 0.1) is 0 Å². The molecule has 0 radical (unpaired) electrons. The highest BCUT2D eigenvalue weighted by atomic mass is 16.6. The molecule has 0 saturated heterocycles. The molecule has 0 aromatic rings. The Kier molecular flexibility index (Phi) is 7.12. The lowest BCUT2D eigenvalue weighted by Crippen LogP contribution is -2.53. The molecule has 118 valence electrons. The number of aliphatic hydroxyl groups excluding tert-OH is 1. The van der Waals surface area contributed by atoms with Gasteiger partial charge in [-0.25, -0.2) is 0 Å². The first-order chi connectivity index (χ1) is 8.94. The molecule has 0 saturated carbocycles. The number of nitrogens with one attached hydrogen (secondary N) is 2. The van der Waals surface area contributed by atoms with Crippen molar-refractivity contribution in [1.82, 2.24) is 10.6 Å². The number of nitrogens with two attached hydrogens (primary N) is 1. The zero-order chi connectivity index (χ0) is 16.1. The number of hydrogen-bond acceptors (Lipinski definition) is 5. The van der Waals surface area contributed by atoms with E-state index in [-0.39, 0.29) is 0 Å². The Balaban J connectivity index is 4.34. The van der Waals surface area contributed by atoms with Gasteiger partial charge in [-0.2, -0.15) is 0 Å². The average Bonchev–Trinajstić information content (AvgIpc) is 2.25. The maximum Gasteiger partial charge on any atom is 0.242 e. The number of ether oxygens (including phenoxy) is 1. The largest absolute Gasteiger partial charge is 0.366 e. The summed E-state index contributed by atoms with van der Waals surface area (Å²) in [7, 11) is 0. The molecule has 0 fully saturated rings. The number of carbonyl (C=O) groups is 2. The monoisotopic (exact) mass is 289 g/mol. The minimum Gasteiger partial charge on any atom is -0.366 e. The van der Waals surface area contributed by atoms with Crippen molar-refractivity contribution in [2.24, 2.45) is 5.73 Å². The van der Waals surface area contributed by atoms with Crippen molar-refractivity contribution in [3.63, 3.8) is 0 Å². The van der Waals surface area contributed by atoms with Gasteiger partial charge in [0.05, 0.1) is 17.7 Å². The molecular weight excluding hydrogens is 262 g/mol. The summed E-state index contributed by atoms with van der Waals surface area (Å²) in [6.45, 7) is 10.1. The highest BCUT2D eigenvalue weighted by Crippen LogP contribution is 2.11. The van der Waals surface area contributed by atoms with Crippen LogP contribution < -0.4 is 16.4 Å². The fraction of sp³-hybridized carbons (Fsp3) is 0.846. The molecule has 4 atom stereocenters. The summed E-state index contributed by atoms with van der Waals surface area (Å²) in [6.07, 6.45) is -1.13. The SMILES string of the molecule is CC(N)C(=O)NC(C)C(=O)NC(C)C(O)OC(C)(C)C. The Hall–Kier alpha value is -1.18. The van der Waals surface area contributed by atoms with Crippen LogP contribution in [0.1, 0.15) is 41.5 Å². The van der Waals surface area contributed by atoms with Crippen molar-refractivity contribution < 1.29 is 19.4 Å². The van der Waals surface area contributed by atoms with Crippen molar-refractivity contribution in [3.05, 3.63) is 0 Å². The first-order valence-electron chi connectivity index (χ1n) is 6.66. The van der Waals surface area contributed by atoms with Gasteiger partial charge in [-0.15, -0.1) is 0 Å². The topological polar surface area (TPSA) is 114 Å². The second kappa shape index (κ2) is 7.56. The van der Waals surface area contributed by atoms with Crippen LogP contribution >= 0.6 is 0 Å². The Labute approximate surface area is 120 Å². The predicted octanol–water partition coefficient (Wildman–Crippen LogP) is -0.523. The van der Waals surface area contributed by atoms with Gasteiger partial charge in [-0.1, -0.05) is 0 Å². The molecular formula is C13H27N3O4. The van der Waals surface area contributed by atoms with E-state index in [0.717, 1.165) is 0 Å². The quantitative estimate of drug-likeness (QED) is 0.491. The molecule has 7 nitrogen and oxygen atoms in total.